The van der Waals surface area contributed by atoms with Crippen LogP contribution in [0.25, 0.3) is 5.69 Å². The van der Waals surface area contributed by atoms with Gasteiger partial charge in [-0.15, -0.1) is 0 Å². The second-order valence-corrected chi connectivity index (χ2v) is 4.88. The molecule has 2 rings (SSSR count). The van der Waals surface area contributed by atoms with Gasteiger partial charge in [0.2, 0.25) is 0 Å². The molecule has 2 aromatic rings. The van der Waals surface area contributed by atoms with Gasteiger partial charge in [-0.3, -0.25) is 0 Å². The molecule has 4 heteroatoms. The Morgan fingerprint density at radius 2 is 1.89 bits per heavy atom. The second kappa shape index (κ2) is 5.12. The fraction of sp³-hybridized carbons (Fsp3) is 0.357. The summed E-state index contributed by atoms with van der Waals surface area (Å²) in [6.45, 7) is 5.96. The van der Waals surface area contributed by atoms with Gasteiger partial charge in [0.25, 0.3) is 0 Å². The first kappa shape index (κ1) is 13.1. The molecule has 3 nitrogen and oxygen atoms in total. The maximum Gasteiger partial charge on any atom is 0.0848 e. The van der Waals surface area contributed by atoms with Gasteiger partial charge in [-0.2, -0.15) is 5.10 Å². The maximum absolute atomic E-state index is 6.15. The molecule has 1 aromatic carbocycles. The number of halogens is 1. The molecule has 0 aliphatic carbocycles. The summed E-state index contributed by atoms with van der Waals surface area (Å²) in [7, 11) is 0. The Bertz CT molecular complexity index is 543. The van der Waals surface area contributed by atoms with Crippen molar-refractivity contribution in [3.63, 3.8) is 0 Å². The second-order valence-electron chi connectivity index (χ2n) is 4.50. The first-order chi connectivity index (χ1) is 8.54. The molecule has 1 heterocycles. The van der Waals surface area contributed by atoms with Crippen LogP contribution in [0.4, 0.5) is 0 Å². The van der Waals surface area contributed by atoms with Crippen molar-refractivity contribution in [2.24, 2.45) is 5.73 Å². The molecular weight excluding hydrogens is 246 g/mol. The van der Waals surface area contributed by atoms with E-state index in [-0.39, 0.29) is 6.04 Å². The van der Waals surface area contributed by atoms with Crippen LogP contribution >= 0.6 is 11.6 Å². The monoisotopic (exact) mass is 263 g/mol. The van der Waals surface area contributed by atoms with Gasteiger partial charge in [0.05, 0.1) is 22.1 Å². The van der Waals surface area contributed by atoms with Gasteiger partial charge >= 0.3 is 0 Å². The van der Waals surface area contributed by atoms with Crippen molar-refractivity contribution in [1.82, 2.24) is 9.78 Å². The van der Waals surface area contributed by atoms with E-state index in [0.29, 0.717) is 0 Å². The summed E-state index contributed by atoms with van der Waals surface area (Å²) in [6, 6.07) is 8.26. The van der Waals surface area contributed by atoms with E-state index in [0.717, 1.165) is 34.1 Å². The lowest BCUT2D eigenvalue weighted by Gasteiger charge is -2.10. The SMILES string of the molecule is CCC(N)c1ccc(-n2nc(C)c(Cl)c2C)cc1. The summed E-state index contributed by atoms with van der Waals surface area (Å²) in [5.41, 5.74) is 9.96. The molecular formula is C14H18ClN3. The first-order valence-electron chi connectivity index (χ1n) is 6.12. The summed E-state index contributed by atoms with van der Waals surface area (Å²) in [4.78, 5) is 0. The molecule has 0 aliphatic heterocycles. The zero-order valence-corrected chi connectivity index (χ0v) is 11.7. The van der Waals surface area contributed by atoms with Gasteiger partial charge in [-0.1, -0.05) is 30.7 Å². The van der Waals surface area contributed by atoms with E-state index in [1.807, 2.05) is 42.8 Å². The van der Waals surface area contributed by atoms with Crippen molar-refractivity contribution in [2.45, 2.75) is 33.2 Å². The van der Waals surface area contributed by atoms with Crippen molar-refractivity contribution in [1.29, 1.82) is 0 Å². The summed E-state index contributed by atoms with van der Waals surface area (Å²) in [5, 5.41) is 5.15. The van der Waals surface area contributed by atoms with E-state index in [4.69, 9.17) is 17.3 Å². The number of rotatable bonds is 3. The van der Waals surface area contributed by atoms with Crippen LogP contribution in [0.15, 0.2) is 24.3 Å². The predicted octanol–water partition coefficient (Wildman–Crippen LogP) is 3.55. The van der Waals surface area contributed by atoms with Crippen LogP contribution in [-0.4, -0.2) is 9.78 Å². The number of hydrogen-bond acceptors (Lipinski definition) is 2. The third-order valence-corrected chi connectivity index (χ3v) is 3.76. The normalized spacial score (nSPS) is 12.7. The van der Waals surface area contributed by atoms with Gasteiger partial charge in [0, 0.05) is 6.04 Å². The predicted molar refractivity (Wildman–Crippen MR) is 75.3 cm³/mol. The smallest absolute Gasteiger partial charge is 0.0848 e. The highest BCUT2D eigenvalue weighted by Gasteiger charge is 2.11. The van der Waals surface area contributed by atoms with Crippen LogP contribution < -0.4 is 5.73 Å². The lowest BCUT2D eigenvalue weighted by Crippen LogP contribution is -2.08. The molecule has 0 fully saturated rings. The van der Waals surface area contributed by atoms with Crippen molar-refractivity contribution in [2.75, 3.05) is 0 Å². The van der Waals surface area contributed by atoms with E-state index >= 15 is 0 Å². The van der Waals surface area contributed by atoms with Crippen molar-refractivity contribution < 1.29 is 0 Å². The fourth-order valence-corrected chi connectivity index (χ4v) is 2.09. The Kier molecular flexibility index (Phi) is 3.73. The standard InChI is InChI=1S/C14H18ClN3/c1-4-13(16)11-5-7-12(8-6-11)18-10(3)14(15)9(2)17-18/h5-8,13H,4,16H2,1-3H3. The summed E-state index contributed by atoms with van der Waals surface area (Å²) in [5.74, 6) is 0. The van der Waals surface area contributed by atoms with Crippen molar-refractivity contribution in [3.8, 4) is 5.69 Å². The molecule has 0 spiro atoms. The molecule has 1 aromatic heterocycles. The average molecular weight is 264 g/mol. The van der Waals surface area contributed by atoms with Crippen LogP contribution in [0.1, 0.15) is 36.3 Å². The Hall–Kier alpha value is -1.32. The van der Waals surface area contributed by atoms with Crippen LogP contribution in [0.2, 0.25) is 5.02 Å². The fourth-order valence-electron chi connectivity index (χ4n) is 1.97. The van der Waals surface area contributed by atoms with Gasteiger partial charge in [-0.25, -0.2) is 4.68 Å². The molecule has 0 bridgehead atoms. The molecule has 2 N–H and O–H groups in total. The van der Waals surface area contributed by atoms with Crippen LogP contribution in [-0.2, 0) is 0 Å². The number of benzene rings is 1. The highest BCUT2D eigenvalue weighted by Crippen LogP contribution is 2.23. The largest absolute Gasteiger partial charge is 0.324 e. The minimum absolute atomic E-state index is 0.100. The summed E-state index contributed by atoms with van der Waals surface area (Å²) in [6.07, 6.45) is 0.936. The third-order valence-electron chi connectivity index (χ3n) is 3.21. The minimum Gasteiger partial charge on any atom is -0.324 e. The van der Waals surface area contributed by atoms with Gasteiger partial charge in [0.15, 0.2) is 0 Å². The van der Waals surface area contributed by atoms with Crippen molar-refractivity contribution in [3.05, 3.63) is 46.2 Å². The quantitative estimate of drug-likeness (QED) is 0.920. The first-order valence-corrected chi connectivity index (χ1v) is 6.50. The van der Waals surface area contributed by atoms with E-state index in [9.17, 15) is 0 Å². The van der Waals surface area contributed by atoms with Crippen LogP contribution in [0.5, 0.6) is 0 Å². The van der Waals surface area contributed by atoms with Crippen LogP contribution in [0, 0.1) is 13.8 Å². The topological polar surface area (TPSA) is 43.8 Å². The lowest BCUT2D eigenvalue weighted by atomic mass is 10.1. The number of aromatic nitrogens is 2. The molecule has 18 heavy (non-hydrogen) atoms. The number of hydrogen-bond donors (Lipinski definition) is 1. The van der Waals surface area contributed by atoms with Gasteiger partial charge in [0.1, 0.15) is 0 Å². The van der Waals surface area contributed by atoms with Gasteiger partial charge in [-0.05, 0) is 38.0 Å². The molecule has 0 amide bonds. The molecule has 0 saturated carbocycles. The number of nitrogens with two attached hydrogens (primary N) is 1. The zero-order valence-electron chi connectivity index (χ0n) is 10.9. The number of nitrogens with zero attached hydrogens (tertiary/aromatic N) is 2. The van der Waals surface area contributed by atoms with E-state index in [2.05, 4.69) is 12.0 Å². The minimum atomic E-state index is 0.100. The highest BCUT2D eigenvalue weighted by molar-refractivity contribution is 6.31. The summed E-state index contributed by atoms with van der Waals surface area (Å²) >= 11 is 6.15. The molecule has 96 valence electrons. The molecule has 1 unspecified atom stereocenters. The average Bonchev–Trinajstić information content (AvgIpc) is 2.66. The molecule has 0 saturated heterocycles. The van der Waals surface area contributed by atoms with E-state index in [1.165, 1.54) is 0 Å². The van der Waals surface area contributed by atoms with E-state index in [1.54, 1.807) is 0 Å². The molecule has 0 aliphatic rings. The Morgan fingerprint density at radius 1 is 1.28 bits per heavy atom. The van der Waals surface area contributed by atoms with E-state index < -0.39 is 0 Å². The number of aryl methyl sites for hydroxylation is 1. The third kappa shape index (κ3) is 2.28. The van der Waals surface area contributed by atoms with Gasteiger partial charge < -0.3 is 5.73 Å². The Morgan fingerprint density at radius 3 is 2.33 bits per heavy atom. The molecule has 0 radical (unpaired) electrons. The maximum atomic E-state index is 6.15. The Balaban J connectivity index is 2.37. The lowest BCUT2D eigenvalue weighted by molar-refractivity contribution is 0.698. The Labute approximate surface area is 113 Å². The van der Waals surface area contributed by atoms with Crippen LogP contribution in [0.3, 0.4) is 0 Å². The van der Waals surface area contributed by atoms with Crippen molar-refractivity contribution >= 4 is 11.6 Å². The zero-order chi connectivity index (χ0) is 13.3. The summed E-state index contributed by atoms with van der Waals surface area (Å²) < 4.78 is 1.86. The molecule has 1 atom stereocenters. The highest BCUT2D eigenvalue weighted by atomic mass is 35.5.